The van der Waals surface area contributed by atoms with Crippen molar-refractivity contribution in [3.63, 3.8) is 0 Å². The number of amides is 1. The first kappa shape index (κ1) is 17.4. The van der Waals surface area contributed by atoms with Gasteiger partial charge in [-0.05, 0) is 13.5 Å². The molecule has 20 heavy (non-hydrogen) atoms. The van der Waals surface area contributed by atoms with E-state index in [1.54, 1.807) is 6.92 Å². The van der Waals surface area contributed by atoms with E-state index in [4.69, 9.17) is 4.74 Å². The van der Waals surface area contributed by atoms with Crippen molar-refractivity contribution in [2.24, 2.45) is 5.92 Å². The summed E-state index contributed by atoms with van der Waals surface area (Å²) in [6, 6.07) is 0.0539. The van der Waals surface area contributed by atoms with Crippen LogP contribution in [0.3, 0.4) is 0 Å². The average Bonchev–Trinajstić information content (AvgIpc) is 2.85. The van der Waals surface area contributed by atoms with Crippen LogP contribution in [-0.2, 0) is 19.6 Å². The van der Waals surface area contributed by atoms with E-state index >= 15 is 0 Å². The molecule has 0 radical (unpaired) electrons. The Morgan fingerprint density at radius 1 is 1.40 bits per heavy atom. The summed E-state index contributed by atoms with van der Waals surface area (Å²) in [6.45, 7) is 4.12. The van der Waals surface area contributed by atoms with E-state index in [-0.39, 0.29) is 17.9 Å². The van der Waals surface area contributed by atoms with E-state index in [9.17, 15) is 13.2 Å². The minimum absolute atomic E-state index is 0.0377. The first-order valence-electron chi connectivity index (χ1n) is 6.88. The Kier molecular flexibility index (Phi) is 6.87. The molecule has 1 aliphatic heterocycles. The number of carbonyl (C=O) groups excluding carboxylic acids is 1. The molecule has 0 spiro atoms. The van der Waals surface area contributed by atoms with Gasteiger partial charge in [0.05, 0.1) is 25.4 Å². The van der Waals surface area contributed by atoms with Crippen molar-refractivity contribution in [3.05, 3.63) is 0 Å². The highest BCUT2D eigenvalue weighted by molar-refractivity contribution is 7.88. The van der Waals surface area contributed by atoms with Gasteiger partial charge in [0.25, 0.3) is 0 Å². The molecule has 2 N–H and O–H groups in total. The summed E-state index contributed by atoms with van der Waals surface area (Å²) >= 11 is 0. The summed E-state index contributed by atoms with van der Waals surface area (Å²) < 4.78 is 29.5. The summed E-state index contributed by atoms with van der Waals surface area (Å²) in [4.78, 5) is 12.0. The molecule has 1 rings (SSSR count). The van der Waals surface area contributed by atoms with Crippen molar-refractivity contribution in [1.29, 1.82) is 0 Å². The maximum Gasteiger partial charge on any atom is 0.227 e. The van der Waals surface area contributed by atoms with Crippen molar-refractivity contribution in [2.45, 2.75) is 19.4 Å². The Balaban J connectivity index is 2.29. The van der Waals surface area contributed by atoms with Gasteiger partial charge in [0.15, 0.2) is 0 Å². The lowest BCUT2D eigenvalue weighted by Gasteiger charge is -2.19. The largest absolute Gasteiger partial charge is 0.379 e. The van der Waals surface area contributed by atoms with Crippen LogP contribution < -0.4 is 10.6 Å². The number of nitrogens with zero attached hydrogens (tertiary/aromatic N) is 1. The Bertz CT molecular complexity index is 413. The zero-order chi connectivity index (χ0) is 15.2. The fourth-order valence-corrected chi connectivity index (χ4v) is 3.18. The van der Waals surface area contributed by atoms with Gasteiger partial charge in [-0.15, -0.1) is 0 Å². The molecule has 0 aromatic rings. The van der Waals surface area contributed by atoms with Crippen LogP contribution in [0.4, 0.5) is 0 Å². The second kappa shape index (κ2) is 7.92. The van der Waals surface area contributed by atoms with Crippen LogP contribution in [0.5, 0.6) is 0 Å². The Morgan fingerprint density at radius 3 is 2.65 bits per heavy atom. The number of carbonyl (C=O) groups is 1. The van der Waals surface area contributed by atoms with Gasteiger partial charge in [-0.25, -0.2) is 12.7 Å². The van der Waals surface area contributed by atoms with E-state index < -0.39 is 10.0 Å². The van der Waals surface area contributed by atoms with Gasteiger partial charge in [0.2, 0.25) is 15.9 Å². The maximum atomic E-state index is 12.0. The normalized spacial score (nSPS) is 23.2. The van der Waals surface area contributed by atoms with Crippen LogP contribution in [-0.4, -0.2) is 70.8 Å². The van der Waals surface area contributed by atoms with E-state index in [0.29, 0.717) is 39.3 Å². The highest BCUT2D eigenvalue weighted by Crippen LogP contribution is 2.13. The Morgan fingerprint density at radius 2 is 2.10 bits per heavy atom. The maximum absolute atomic E-state index is 12.0. The van der Waals surface area contributed by atoms with Gasteiger partial charge in [-0.2, -0.15) is 0 Å². The molecule has 1 fully saturated rings. The molecule has 7 nitrogen and oxygen atoms in total. The molecule has 0 bridgehead atoms. The van der Waals surface area contributed by atoms with Gasteiger partial charge in [-0.3, -0.25) is 4.79 Å². The van der Waals surface area contributed by atoms with Crippen LogP contribution in [0.2, 0.25) is 0 Å². The first-order valence-corrected chi connectivity index (χ1v) is 8.72. The minimum Gasteiger partial charge on any atom is -0.379 e. The van der Waals surface area contributed by atoms with Crippen molar-refractivity contribution in [1.82, 2.24) is 14.9 Å². The summed E-state index contributed by atoms with van der Waals surface area (Å²) in [5.41, 5.74) is 0. The van der Waals surface area contributed by atoms with Crippen LogP contribution >= 0.6 is 0 Å². The highest BCUT2D eigenvalue weighted by Gasteiger charge is 2.32. The molecule has 2 unspecified atom stereocenters. The smallest absolute Gasteiger partial charge is 0.227 e. The molecule has 0 saturated carbocycles. The van der Waals surface area contributed by atoms with Gasteiger partial charge in [0, 0.05) is 25.7 Å². The second-order valence-corrected chi connectivity index (χ2v) is 6.92. The SMILES string of the molecule is CCN(CCCNC(=O)C1COCC1NC)S(C)(=O)=O. The predicted octanol–water partition coefficient (Wildman–Crippen LogP) is -0.991. The van der Waals surface area contributed by atoms with E-state index in [1.165, 1.54) is 10.6 Å². The molecule has 2 atom stereocenters. The van der Waals surface area contributed by atoms with Crippen LogP contribution in [0.25, 0.3) is 0 Å². The lowest BCUT2D eigenvalue weighted by Crippen LogP contribution is -2.43. The topological polar surface area (TPSA) is 87.7 Å². The molecule has 0 aromatic carbocycles. The average molecular weight is 307 g/mol. The lowest BCUT2D eigenvalue weighted by atomic mass is 10.0. The molecule has 0 aromatic heterocycles. The lowest BCUT2D eigenvalue weighted by molar-refractivity contribution is -0.125. The second-order valence-electron chi connectivity index (χ2n) is 4.94. The quantitative estimate of drug-likeness (QED) is 0.562. The van der Waals surface area contributed by atoms with Crippen LogP contribution in [0, 0.1) is 5.92 Å². The fraction of sp³-hybridized carbons (Fsp3) is 0.917. The number of hydrogen-bond donors (Lipinski definition) is 2. The van der Waals surface area contributed by atoms with Crippen LogP contribution in [0.1, 0.15) is 13.3 Å². The zero-order valence-corrected chi connectivity index (χ0v) is 13.2. The number of sulfonamides is 1. The number of nitrogens with one attached hydrogen (secondary N) is 2. The molecule has 118 valence electrons. The van der Waals surface area contributed by atoms with Crippen molar-refractivity contribution >= 4 is 15.9 Å². The molecular weight excluding hydrogens is 282 g/mol. The molecule has 1 amide bonds. The zero-order valence-electron chi connectivity index (χ0n) is 12.4. The number of likely N-dealkylation sites (N-methyl/N-ethyl adjacent to an activating group) is 1. The fourth-order valence-electron chi connectivity index (χ4n) is 2.25. The Hall–Kier alpha value is -0.700. The summed E-state index contributed by atoms with van der Waals surface area (Å²) in [7, 11) is -1.34. The van der Waals surface area contributed by atoms with Crippen LogP contribution in [0.15, 0.2) is 0 Å². The molecule has 1 aliphatic rings. The summed E-state index contributed by atoms with van der Waals surface area (Å²) in [6.07, 6.45) is 1.80. The van der Waals surface area contributed by atoms with Crippen molar-refractivity contribution < 1.29 is 17.9 Å². The van der Waals surface area contributed by atoms with Gasteiger partial charge < -0.3 is 15.4 Å². The molecule has 0 aliphatic carbocycles. The monoisotopic (exact) mass is 307 g/mol. The van der Waals surface area contributed by atoms with E-state index in [2.05, 4.69) is 10.6 Å². The molecule has 1 heterocycles. The number of ether oxygens (including phenoxy) is 1. The Labute approximate surface area is 121 Å². The van der Waals surface area contributed by atoms with E-state index in [0.717, 1.165) is 0 Å². The third kappa shape index (κ3) is 5.01. The standard InChI is InChI=1S/C12H25N3O4S/c1-4-15(20(3,17)18)7-5-6-14-12(16)10-8-19-9-11(10)13-2/h10-11,13H,4-9H2,1-3H3,(H,14,16). The molecule has 1 saturated heterocycles. The number of hydrogen-bond acceptors (Lipinski definition) is 5. The van der Waals surface area contributed by atoms with Gasteiger partial charge in [0.1, 0.15) is 0 Å². The van der Waals surface area contributed by atoms with E-state index in [1.807, 2.05) is 7.05 Å². The number of rotatable bonds is 8. The summed E-state index contributed by atoms with van der Waals surface area (Å²) in [5.74, 6) is -0.207. The molecular formula is C12H25N3O4S. The van der Waals surface area contributed by atoms with Crippen molar-refractivity contribution in [2.75, 3.05) is 46.2 Å². The third-order valence-corrected chi connectivity index (χ3v) is 4.87. The summed E-state index contributed by atoms with van der Waals surface area (Å²) in [5, 5.41) is 5.90. The highest BCUT2D eigenvalue weighted by atomic mass is 32.2. The minimum atomic E-state index is -3.15. The first-order chi connectivity index (χ1) is 9.40. The van der Waals surface area contributed by atoms with Crippen molar-refractivity contribution in [3.8, 4) is 0 Å². The van der Waals surface area contributed by atoms with Gasteiger partial charge >= 0.3 is 0 Å². The third-order valence-electron chi connectivity index (χ3n) is 3.49. The molecule has 8 heteroatoms. The predicted molar refractivity (Wildman–Crippen MR) is 76.9 cm³/mol. The van der Waals surface area contributed by atoms with Gasteiger partial charge in [-0.1, -0.05) is 6.92 Å².